The molecule has 6 nitrogen and oxygen atoms in total. The lowest BCUT2D eigenvalue weighted by atomic mass is 10.3. The number of nitrogens with zero attached hydrogens (tertiary/aromatic N) is 3. The fraction of sp³-hybridized carbons (Fsp3) is 0.286. The Labute approximate surface area is 84.6 Å². The number of aryl methyl sites for hydroxylation is 1. The lowest BCUT2D eigenvalue weighted by molar-refractivity contribution is 1.03. The lowest BCUT2D eigenvalue weighted by Gasteiger charge is -1.99. The predicted octanol–water partition coefficient (Wildman–Crippen LogP) is 0.764. The molecule has 2 rings (SSSR count). The SMILES string of the molecule is Cc1nnc(NCc2cn[nH]c2N)s1. The van der Waals surface area contributed by atoms with Crippen molar-refractivity contribution in [2.24, 2.45) is 0 Å². The molecule has 0 aliphatic rings. The summed E-state index contributed by atoms with van der Waals surface area (Å²) in [5, 5.41) is 19.1. The summed E-state index contributed by atoms with van der Waals surface area (Å²) >= 11 is 1.51. The zero-order valence-electron chi connectivity index (χ0n) is 7.61. The average Bonchev–Trinajstić information content (AvgIpc) is 2.72. The minimum absolute atomic E-state index is 0.582. The van der Waals surface area contributed by atoms with Gasteiger partial charge in [0.05, 0.1) is 6.20 Å². The molecule has 2 aromatic rings. The molecule has 0 bridgehead atoms. The monoisotopic (exact) mass is 210 g/mol. The van der Waals surface area contributed by atoms with E-state index in [0.717, 1.165) is 15.7 Å². The minimum atomic E-state index is 0.582. The van der Waals surface area contributed by atoms with Gasteiger partial charge in [-0.2, -0.15) is 5.10 Å². The van der Waals surface area contributed by atoms with Crippen molar-refractivity contribution in [3.8, 4) is 0 Å². The van der Waals surface area contributed by atoms with Gasteiger partial charge < -0.3 is 11.1 Å². The smallest absolute Gasteiger partial charge is 0.205 e. The molecular formula is C7H10N6S. The third-order valence-electron chi connectivity index (χ3n) is 1.71. The number of hydrogen-bond donors (Lipinski definition) is 3. The highest BCUT2D eigenvalue weighted by atomic mass is 32.1. The first-order valence-corrected chi connectivity index (χ1v) is 4.89. The van der Waals surface area contributed by atoms with Gasteiger partial charge in [-0.3, -0.25) is 5.10 Å². The predicted molar refractivity (Wildman–Crippen MR) is 55.0 cm³/mol. The van der Waals surface area contributed by atoms with E-state index in [1.54, 1.807) is 6.20 Å². The van der Waals surface area contributed by atoms with Crippen molar-refractivity contribution in [2.45, 2.75) is 13.5 Å². The van der Waals surface area contributed by atoms with Crippen LogP contribution in [0.1, 0.15) is 10.6 Å². The summed E-state index contributed by atoms with van der Waals surface area (Å²) in [7, 11) is 0. The van der Waals surface area contributed by atoms with Crippen molar-refractivity contribution in [3.63, 3.8) is 0 Å². The Morgan fingerprint density at radius 2 is 2.43 bits per heavy atom. The first-order chi connectivity index (χ1) is 6.75. The molecule has 0 aliphatic carbocycles. The molecule has 0 saturated heterocycles. The molecular weight excluding hydrogens is 200 g/mol. The maximum Gasteiger partial charge on any atom is 0.205 e. The van der Waals surface area contributed by atoms with Crippen molar-refractivity contribution in [3.05, 3.63) is 16.8 Å². The zero-order valence-corrected chi connectivity index (χ0v) is 8.43. The Morgan fingerprint density at radius 1 is 1.57 bits per heavy atom. The van der Waals surface area contributed by atoms with E-state index >= 15 is 0 Å². The van der Waals surface area contributed by atoms with E-state index in [2.05, 4.69) is 25.7 Å². The molecule has 14 heavy (non-hydrogen) atoms. The minimum Gasteiger partial charge on any atom is -0.384 e. The summed E-state index contributed by atoms with van der Waals surface area (Å²) in [6.07, 6.45) is 1.69. The van der Waals surface area contributed by atoms with Gasteiger partial charge in [0.25, 0.3) is 0 Å². The highest BCUT2D eigenvalue weighted by Gasteiger charge is 2.03. The van der Waals surface area contributed by atoms with Crippen LogP contribution in [0.15, 0.2) is 6.20 Å². The zero-order chi connectivity index (χ0) is 9.97. The molecule has 74 valence electrons. The number of hydrogen-bond acceptors (Lipinski definition) is 6. The summed E-state index contributed by atoms with van der Waals surface area (Å²) in [6.45, 7) is 2.52. The fourth-order valence-corrected chi connectivity index (χ4v) is 1.59. The van der Waals surface area contributed by atoms with E-state index in [4.69, 9.17) is 5.73 Å². The Bertz CT molecular complexity index is 419. The maximum absolute atomic E-state index is 5.62. The Balaban J connectivity index is 1.98. The van der Waals surface area contributed by atoms with Gasteiger partial charge in [0.1, 0.15) is 10.8 Å². The number of anilines is 2. The van der Waals surface area contributed by atoms with Gasteiger partial charge in [0.2, 0.25) is 5.13 Å². The summed E-state index contributed by atoms with van der Waals surface area (Å²) in [6, 6.07) is 0. The Kier molecular flexibility index (Phi) is 2.32. The van der Waals surface area contributed by atoms with Gasteiger partial charge in [0.15, 0.2) is 0 Å². The van der Waals surface area contributed by atoms with E-state index in [1.807, 2.05) is 6.92 Å². The number of aromatic amines is 1. The summed E-state index contributed by atoms with van der Waals surface area (Å²) < 4.78 is 0. The van der Waals surface area contributed by atoms with Crippen LogP contribution in [0.25, 0.3) is 0 Å². The Morgan fingerprint density at radius 3 is 3.00 bits per heavy atom. The number of aromatic nitrogens is 4. The second-order valence-corrected chi connectivity index (χ2v) is 3.97. The van der Waals surface area contributed by atoms with Crippen LogP contribution in [0.4, 0.5) is 10.9 Å². The van der Waals surface area contributed by atoms with Gasteiger partial charge >= 0.3 is 0 Å². The van der Waals surface area contributed by atoms with Gasteiger partial charge in [-0.25, -0.2) is 0 Å². The van der Waals surface area contributed by atoms with Crippen LogP contribution in [0.2, 0.25) is 0 Å². The number of nitrogens with one attached hydrogen (secondary N) is 2. The first-order valence-electron chi connectivity index (χ1n) is 4.07. The second-order valence-electron chi connectivity index (χ2n) is 2.79. The molecule has 4 N–H and O–H groups in total. The molecule has 2 heterocycles. The normalized spacial score (nSPS) is 10.4. The van der Waals surface area contributed by atoms with Crippen molar-refractivity contribution in [1.29, 1.82) is 0 Å². The summed E-state index contributed by atoms with van der Waals surface area (Å²) in [5.74, 6) is 0.582. The molecule has 0 spiro atoms. The van der Waals surface area contributed by atoms with Gasteiger partial charge in [-0.15, -0.1) is 10.2 Å². The quantitative estimate of drug-likeness (QED) is 0.695. The molecule has 0 saturated carbocycles. The molecule has 2 aromatic heterocycles. The van der Waals surface area contributed by atoms with Crippen LogP contribution in [0, 0.1) is 6.92 Å². The largest absolute Gasteiger partial charge is 0.384 e. The topological polar surface area (TPSA) is 92.5 Å². The van der Waals surface area contributed by atoms with E-state index in [-0.39, 0.29) is 0 Å². The van der Waals surface area contributed by atoms with Crippen molar-refractivity contribution < 1.29 is 0 Å². The molecule has 0 aliphatic heterocycles. The van der Waals surface area contributed by atoms with Crippen molar-refractivity contribution in [2.75, 3.05) is 11.1 Å². The van der Waals surface area contributed by atoms with E-state index in [1.165, 1.54) is 11.3 Å². The molecule has 0 aromatic carbocycles. The molecule has 0 atom stereocenters. The van der Waals surface area contributed by atoms with E-state index < -0.39 is 0 Å². The third-order valence-corrected chi connectivity index (χ3v) is 2.50. The van der Waals surface area contributed by atoms with Crippen molar-refractivity contribution >= 4 is 22.3 Å². The molecule has 0 fully saturated rings. The van der Waals surface area contributed by atoms with Gasteiger partial charge in [0, 0.05) is 12.1 Å². The third kappa shape index (κ3) is 1.82. The van der Waals surface area contributed by atoms with Crippen LogP contribution in [0.3, 0.4) is 0 Å². The van der Waals surface area contributed by atoms with Crippen LogP contribution < -0.4 is 11.1 Å². The highest BCUT2D eigenvalue weighted by Crippen LogP contribution is 2.15. The van der Waals surface area contributed by atoms with Gasteiger partial charge in [-0.1, -0.05) is 11.3 Å². The summed E-state index contributed by atoms with van der Waals surface area (Å²) in [4.78, 5) is 0. The van der Waals surface area contributed by atoms with E-state index in [0.29, 0.717) is 12.4 Å². The summed E-state index contributed by atoms with van der Waals surface area (Å²) in [5.41, 5.74) is 6.55. The van der Waals surface area contributed by atoms with Crippen LogP contribution >= 0.6 is 11.3 Å². The number of nitrogen functional groups attached to an aromatic ring is 1. The van der Waals surface area contributed by atoms with Crippen LogP contribution in [-0.4, -0.2) is 20.4 Å². The standard InChI is InChI=1S/C7H10N6S/c1-4-11-13-7(14-4)9-2-5-3-10-12-6(5)8/h3H,2H2,1H3,(H,9,13)(H3,8,10,12). The maximum atomic E-state index is 5.62. The number of nitrogens with two attached hydrogens (primary N) is 1. The average molecular weight is 210 g/mol. The van der Waals surface area contributed by atoms with Gasteiger partial charge in [-0.05, 0) is 6.92 Å². The van der Waals surface area contributed by atoms with E-state index in [9.17, 15) is 0 Å². The molecule has 0 unspecified atom stereocenters. The molecule has 0 amide bonds. The lowest BCUT2D eigenvalue weighted by Crippen LogP contribution is -2.00. The fourth-order valence-electron chi connectivity index (χ4n) is 1.00. The Hall–Kier alpha value is -1.63. The van der Waals surface area contributed by atoms with Crippen LogP contribution in [0.5, 0.6) is 0 Å². The second kappa shape index (κ2) is 3.62. The highest BCUT2D eigenvalue weighted by molar-refractivity contribution is 7.15. The van der Waals surface area contributed by atoms with Crippen molar-refractivity contribution in [1.82, 2.24) is 20.4 Å². The first kappa shape index (κ1) is 8.95. The number of rotatable bonds is 3. The van der Waals surface area contributed by atoms with Crippen LogP contribution in [-0.2, 0) is 6.54 Å². The molecule has 0 radical (unpaired) electrons. The number of H-pyrrole nitrogens is 1. The molecule has 7 heteroatoms.